The molecule has 0 bridgehead atoms. The molecule has 0 aliphatic carbocycles. The highest BCUT2D eigenvalue weighted by atomic mass is 16.5. The topological polar surface area (TPSA) is 76.4 Å². The highest BCUT2D eigenvalue weighted by molar-refractivity contribution is 5.79. The lowest BCUT2D eigenvalue weighted by Crippen LogP contribution is -2.42. The number of hydrogen-bond donors (Lipinski definition) is 2. The Balaban J connectivity index is 1.53. The molecule has 0 amide bonds. The Hall–Kier alpha value is -1.63. The Bertz CT molecular complexity index is 576. The van der Waals surface area contributed by atoms with Crippen molar-refractivity contribution in [1.29, 1.82) is 0 Å². The Morgan fingerprint density at radius 1 is 1.42 bits per heavy atom. The number of rotatable bonds is 5. The molecule has 1 fully saturated rings. The van der Waals surface area contributed by atoms with E-state index in [0.29, 0.717) is 12.5 Å². The van der Waals surface area contributed by atoms with Crippen LogP contribution in [0.1, 0.15) is 44.8 Å². The van der Waals surface area contributed by atoms with E-state index in [2.05, 4.69) is 39.2 Å². The van der Waals surface area contributed by atoms with E-state index >= 15 is 0 Å². The van der Waals surface area contributed by atoms with Crippen LogP contribution in [-0.2, 0) is 17.7 Å². The summed E-state index contributed by atoms with van der Waals surface area (Å²) in [5.74, 6) is 3.60. The number of ether oxygens (including phenoxy) is 1. The fourth-order valence-electron chi connectivity index (χ4n) is 3.49. The fourth-order valence-corrected chi connectivity index (χ4v) is 3.49. The van der Waals surface area contributed by atoms with Gasteiger partial charge in [0.15, 0.2) is 5.96 Å². The summed E-state index contributed by atoms with van der Waals surface area (Å²) in [4.78, 5) is 4.74. The van der Waals surface area contributed by atoms with Gasteiger partial charge in [-0.15, -0.1) is 10.2 Å². The zero-order valence-corrected chi connectivity index (χ0v) is 15.1. The number of fused-ring (bicyclic) bond motifs is 1. The molecule has 2 aliphatic rings. The van der Waals surface area contributed by atoms with Gasteiger partial charge < -0.3 is 19.9 Å². The molecule has 134 valence electrons. The summed E-state index contributed by atoms with van der Waals surface area (Å²) in [5.41, 5.74) is -0.0956. The zero-order chi connectivity index (χ0) is 17.0. The van der Waals surface area contributed by atoms with Crippen molar-refractivity contribution in [3.8, 4) is 0 Å². The first-order valence-electron chi connectivity index (χ1n) is 9.14. The van der Waals surface area contributed by atoms with Gasteiger partial charge in [0.1, 0.15) is 11.6 Å². The monoisotopic (exact) mass is 334 g/mol. The summed E-state index contributed by atoms with van der Waals surface area (Å²) < 4.78 is 8.07. The molecular weight excluding hydrogens is 304 g/mol. The van der Waals surface area contributed by atoms with Crippen LogP contribution in [0.5, 0.6) is 0 Å². The largest absolute Gasteiger partial charge is 0.373 e. The average Bonchev–Trinajstić information content (AvgIpc) is 3.17. The van der Waals surface area contributed by atoms with Gasteiger partial charge in [-0.05, 0) is 46.0 Å². The van der Waals surface area contributed by atoms with E-state index in [1.807, 2.05) is 6.92 Å². The molecule has 7 nitrogen and oxygen atoms in total. The number of hydrogen-bond acceptors (Lipinski definition) is 4. The zero-order valence-electron chi connectivity index (χ0n) is 15.1. The first-order chi connectivity index (χ1) is 11.6. The van der Waals surface area contributed by atoms with Crippen molar-refractivity contribution in [2.45, 2.75) is 58.6 Å². The van der Waals surface area contributed by atoms with Crippen molar-refractivity contribution in [1.82, 2.24) is 25.4 Å². The van der Waals surface area contributed by atoms with E-state index in [0.717, 1.165) is 69.5 Å². The molecule has 1 aromatic heterocycles. The van der Waals surface area contributed by atoms with Crippen LogP contribution in [0.25, 0.3) is 0 Å². The van der Waals surface area contributed by atoms with Gasteiger partial charge in [0.05, 0.1) is 12.1 Å². The maximum absolute atomic E-state index is 5.83. The van der Waals surface area contributed by atoms with Crippen molar-refractivity contribution >= 4 is 5.96 Å². The lowest BCUT2D eigenvalue weighted by Gasteiger charge is -2.25. The molecule has 0 aromatic carbocycles. The number of aliphatic imine (C=N–C) groups is 1. The van der Waals surface area contributed by atoms with Gasteiger partial charge in [-0.3, -0.25) is 4.99 Å². The lowest BCUT2D eigenvalue weighted by atomic mass is 9.99. The van der Waals surface area contributed by atoms with Crippen LogP contribution in [-0.4, -0.2) is 52.6 Å². The molecule has 3 heterocycles. The van der Waals surface area contributed by atoms with Gasteiger partial charge in [-0.1, -0.05) is 0 Å². The third-order valence-corrected chi connectivity index (χ3v) is 5.00. The molecule has 0 radical (unpaired) electrons. The maximum atomic E-state index is 5.83. The van der Waals surface area contributed by atoms with Crippen molar-refractivity contribution in [3.63, 3.8) is 0 Å². The van der Waals surface area contributed by atoms with E-state index in [-0.39, 0.29) is 5.60 Å². The van der Waals surface area contributed by atoms with E-state index in [4.69, 9.17) is 9.73 Å². The van der Waals surface area contributed by atoms with Crippen molar-refractivity contribution < 1.29 is 4.74 Å². The Kier molecular flexibility index (Phi) is 5.38. The molecule has 0 saturated carbocycles. The predicted molar refractivity (Wildman–Crippen MR) is 94.1 cm³/mol. The van der Waals surface area contributed by atoms with Crippen molar-refractivity contribution in [2.24, 2.45) is 10.9 Å². The predicted octanol–water partition coefficient (Wildman–Crippen LogP) is 1.27. The smallest absolute Gasteiger partial charge is 0.191 e. The summed E-state index contributed by atoms with van der Waals surface area (Å²) in [7, 11) is 0. The molecule has 2 unspecified atom stereocenters. The van der Waals surface area contributed by atoms with Gasteiger partial charge in [-0.25, -0.2) is 0 Å². The summed E-state index contributed by atoms with van der Waals surface area (Å²) in [6.07, 6.45) is 4.38. The van der Waals surface area contributed by atoms with Crippen molar-refractivity contribution in [3.05, 3.63) is 11.6 Å². The van der Waals surface area contributed by atoms with Gasteiger partial charge in [0, 0.05) is 32.7 Å². The van der Waals surface area contributed by atoms with Crippen LogP contribution in [0.15, 0.2) is 4.99 Å². The van der Waals surface area contributed by atoms with Crippen LogP contribution in [0.3, 0.4) is 0 Å². The molecule has 2 N–H and O–H groups in total. The number of guanidine groups is 1. The van der Waals surface area contributed by atoms with Gasteiger partial charge >= 0.3 is 0 Å². The van der Waals surface area contributed by atoms with E-state index in [1.54, 1.807) is 0 Å². The highest BCUT2D eigenvalue weighted by Gasteiger charge is 2.29. The quantitative estimate of drug-likeness (QED) is 0.626. The van der Waals surface area contributed by atoms with Crippen molar-refractivity contribution in [2.75, 3.05) is 26.2 Å². The molecular formula is C17H30N6O. The molecule has 0 spiro atoms. The van der Waals surface area contributed by atoms with E-state index < -0.39 is 0 Å². The van der Waals surface area contributed by atoms with Crippen LogP contribution < -0.4 is 10.6 Å². The van der Waals surface area contributed by atoms with E-state index in [1.165, 1.54) is 0 Å². The maximum Gasteiger partial charge on any atom is 0.191 e. The number of aromatic nitrogens is 3. The van der Waals surface area contributed by atoms with Gasteiger partial charge in [-0.2, -0.15) is 0 Å². The van der Waals surface area contributed by atoms with Crippen LogP contribution >= 0.6 is 0 Å². The standard InChI is InChI=1S/C17H30N6O/c1-4-18-16(20-12-17(3)8-5-9-24-17)19-10-14-6-7-15-22-21-13(2)23(15)11-14/h14H,4-12H2,1-3H3,(H2,18,19,20). The first kappa shape index (κ1) is 17.2. The molecule has 1 aromatic rings. The van der Waals surface area contributed by atoms with E-state index in [9.17, 15) is 0 Å². The summed E-state index contributed by atoms with van der Waals surface area (Å²) >= 11 is 0. The summed E-state index contributed by atoms with van der Waals surface area (Å²) in [6, 6.07) is 0. The number of nitrogens with one attached hydrogen (secondary N) is 2. The first-order valence-corrected chi connectivity index (χ1v) is 9.14. The lowest BCUT2D eigenvalue weighted by molar-refractivity contribution is 0.0283. The second-order valence-corrected chi connectivity index (χ2v) is 7.16. The Morgan fingerprint density at radius 3 is 3.04 bits per heavy atom. The molecule has 2 atom stereocenters. The fraction of sp³-hybridized carbons (Fsp3) is 0.824. The minimum absolute atomic E-state index is 0.0956. The molecule has 1 saturated heterocycles. The normalized spacial score (nSPS) is 27.1. The molecule has 7 heteroatoms. The third-order valence-electron chi connectivity index (χ3n) is 5.00. The SMILES string of the molecule is CCNC(=NCC1(C)CCCO1)NCC1CCc2nnc(C)n2C1. The second kappa shape index (κ2) is 7.51. The van der Waals surface area contributed by atoms with Gasteiger partial charge in [0.25, 0.3) is 0 Å². The highest BCUT2D eigenvalue weighted by Crippen LogP contribution is 2.25. The Labute approximate surface area is 144 Å². The number of nitrogens with zero attached hydrogens (tertiary/aromatic N) is 4. The molecule has 24 heavy (non-hydrogen) atoms. The van der Waals surface area contributed by atoms with Gasteiger partial charge in [0.2, 0.25) is 0 Å². The summed E-state index contributed by atoms with van der Waals surface area (Å²) in [6.45, 7) is 10.6. The van der Waals surface area contributed by atoms with Crippen LogP contribution in [0.4, 0.5) is 0 Å². The Morgan fingerprint density at radius 2 is 2.29 bits per heavy atom. The van der Waals surface area contributed by atoms with Crippen LogP contribution in [0, 0.1) is 12.8 Å². The molecule has 3 rings (SSSR count). The minimum Gasteiger partial charge on any atom is -0.373 e. The van der Waals surface area contributed by atoms with Crippen LogP contribution in [0.2, 0.25) is 0 Å². The number of aryl methyl sites for hydroxylation is 2. The summed E-state index contributed by atoms with van der Waals surface area (Å²) in [5, 5.41) is 15.3. The average molecular weight is 334 g/mol. The third kappa shape index (κ3) is 4.06. The second-order valence-electron chi connectivity index (χ2n) is 7.16. The minimum atomic E-state index is -0.0956. The molecule has 2 aliphatic heterocycles.